The van der Waals surface area contributed by atoms with Crippen molar-refractivity contribution in [2.24, 2.45) is 0 Å². The number of aromatic nitrogens is 3. The van der Waals surface area contributed by atoms with Crippen LogP contribution in [-0.4, -0.2) is 27.5 Å². The van der Waals surface area contributed by atoms with Gasteiger partial charge in [0.05, 0.1) is 24.7 Å². The molecule has 7 heteroatoms. The lowest BCUT2D eigenvalue weighted by atomic mass is 10.4. The van der Waals surface area contributed by atoms with Gasteiger partial charge in [-0.1, -0.05) is 13.3 Å². The number of nitrogens with one attached hydrogen (secondary N) is 1. The third kappa shape index (κ3) is 3.31. The van der Waals surface area contributed by atoms with Crippen molar-refractivity contribution >= 4 is 11.8 Å². The van der Waals surface area contributed by atoms with Gasteiger partial charge in [0.1, 0.15) is 5.69 Å². The minimum atomic E-state index is -0.692. The van der Waals surface area contributed by atoms with E-state index in [-0.39, 0.29) is 5.69 Å². The van der Waals surface area contributed by atoms with E-state index in [9.17, 15) is 9.18 Å². The molecule has 0 aliphatic heterocycles. The van der Waals surface area contributed by atoms with Crippen LogP contribution in [-0.2, 0) is 4.74 Å². The number of pyridine rings is 1. The van der Waals surface area contributed by atoms with Gasteiger partial charge in [-0.3, -0.25) is 10.3 Å². The molecule has 0 aromatic carbocycles. The molecule has 0 aliphatic carbocycles. The third-order valence-corrected chi connectivity index (χ3v) is 2.57. The molecule has 0 bridgehead atoms. The monoisotopic (exact) mass is 278 g/mol. The molecule has 2 aromatic heterocycles. The highest BCUT2D eigenvalue weighted by atomic mass is 19.1. The smallest absolute Gasteiger partial charge is 0.411 e. The molecule has 20 heavy (non-hydrogen) atoms. The maximum Gasteiger partial charge on any atom is 0.411 e. The van der Waals surface area contributed by atoms with Gasteiger partial charge in [0.15, 0.2) is 0 Å². The predicted molar refractivity (Wildman–Crippen MR) is 71.2 cm³/mol. The van der Waals surface area contributed by atoms with Crippen LogP contribution in [0, 0.1) is 5.95 Å². The van der Waals surface area contributed by atoms with Gasteiger partial charge >= 0.3 is 6.09 Å². The number of rotatable bonds is 5. The molecule has 0 radical (unpaired) electrons. The van der Waals surface area contributed by atoms with Crippen molar-refractivity contribution in [3.63, 3.8) is 0 Å². The van der Waals surface area contributed by atoms with Crippen LogP contribution in [0.2, 0.25) is 0 Å². The molecule has 0 saturated carbocycles. The minimum Gasteiger partial charge on any atom is -0.449 e. The Morgan fingerprint density at radius 1 is 1.50 bits per heavy atom. The summed E-state index contributed by atoms with van der Waals surface area (Å²) >= 11 is 0. The van der Waals surface area contributed by atoms with Crippen molar-refractivity contribution in [3.05, 3.63) is 36.7 Å². The lowest BCUT2D eigenvalue weighted by Gasteiger charge is -2.05. The summed E-state index contributed by atoms with van der Waals surface area (Å²) in [6.45, 7) is 2.29. The zero-order valence-corrected chi connectivity index (χ0v) is 11.0. The summed E-state index contributed by atoms with van der Waals surface area (Å²) in [6, 6.07) is 3.33. The molecule has 2 heterocycles. The number of amides is 1. The molecular weight excluding hydrogens is 263 g/mol. The molecule has 106 valence electrons. The van der Waals surface area contributed by atoms with Crippen LogP contribution in [0.15, 0.2) is 30.7 Å². The van der Waals surface area contributed by atoms with E-state index in [1.165, 1.54) is 12.4 Å². The van der Waals surface area contributed by atoms with E-state index in [1.54, 1.807) is 18.3 Å². The van der Waals surface area contributed by atoms with E-state index in [4.69, 9.17) is 4.74 Å². The highest BCUT2D eigenvalue weighted by molar-refractivity contribution is 5.84. The molecule has 0 atom stereocenters. The van der Waals surface area contributed by atoms with E-state index in [2.05, 4.69) is 15.4 Å². The Morgan fingerprint density at radius 2 is 2.35 bits per heavy atom. The first kappa shape index (κ1) is 14.0. The first-order chi connectivity index (χ1) is 9.72. The van der Waals surface area contributed by atoms with Gasteiger partial charge in [-0.25, -0.2) is 9.48 Å². The molecular formula is C13H15FN4O2. The zero-order valence-electron chi connectivity index (χ0n) is 11.0. The molecule has 2 aromatic rings. The first-order valence-electron chi connectivity index (χ1n) is 6.30. The highest BCUT2D eigenvalue weighted by Crippen LogP contribution is 2.17. The number of halogens is 1. The Kier molecular flexibility index (Phi) is 4.65. The zero-order chi connectivity index (χ0) is 14.4. The number of carbonyl (C=O) groups excluding carboxylic acids is 1. The Labute approximate surface area is 115 Å². The van der Waals surface area contributed by atoms with Crippen molar-refractivity contribution in [2.75, 3.05) is 11.9 Å². The number of ether oxygens (including phenoxy) is 1. The number of carbonyl (C=O) groups is 1. The summed E-state index contributed by atoms with van der Waals surface area (Å²) < 4.78 is 20.0. The second kappa shape index (κ2) is 6.65. The number of unbranched alkanes of at least 4 members (excludes halogenated alkanes) is 1. The summed E-state index contributed by atoms with van der Waals surface area (Å²) in [5.41, 5.74) is 0.438. The second-order valence-corrected chi connectivity index (χ2v) is 4.09. The lowest BCUT2D eigenvalue weighted by molar-refractivity contribution is 0.159. The van der Waals surface area contributed by atoms with Crippen molar-refractivity contribution in [1.29, 1.82) is 0 Å². The lowest BCUT2D eigenvalue weighted by Crippen LogP contribution is -2.15. The maximum absolute atomic E-state index is 14.1. The molecule has 1 N–H and O–H groups in total. The van der Waals surface area contributed by atoms with Gasteiger partial charge in [-0.2, -0.15) is 9.49 Å². The summed E-state index contributed by atoms with van der Waals surface area (Å²) in [6.07, 6.45) is 5.27. The fourth-order valence-corrected chi connectivity index (χ4v) is 1.53. The van der Waals surface area contributed by atoms with Crippen molar-refractivity contribution in [3.8, 4) is 5.69 Å². The molecule has 0 fully saturated rings. The Bertz CT molecular complexity index is 571. The van der Waals surface area contributed by atoms with Crippen LogP contribution in [0.3, 0.4) is 0 Å². The normalized spacial score (nSPS) is 10.3. The van der Waals surface area contributed by atoms with Crippen LogP contribution < -0.4 is 5.32 Å². The van der Waals surface area contributed by atoms with Gasteiger partial charge in [-0.15, -0.1) is 0 Å². The molecule has 0 aliphatic rings. The van der Waals surface area contributed by atoms with Crippen molar-refractivity contribution in [2.45, 2.75) is 19.8 Å². The maximum atomic E-state index is 14.1. The molecule has 2 rings (SSSR count). The number of anilines is 1. The second-order valence-electron chi connectivity index (χ2n) is 4.09. The SMILES string of the molecule is CCCCOC(=O)Nc1cnn(-c2cccnc2)c1F. The fourth-order valence-electron chi connectivity index (χ4n) is 1.53. The quantitative estimate of drug-likeness (QED) is 0.854. The summed E-state index contributed by atoms with van der Waals surface area (Å²) in [5.74, 6) is -0.676. The molecule has 0 spiro atoms. The largest absolute Gasteiger partial charge is 0.449 e. The molecule has 1 amide bonds. The van der Waals surface area contributed by atoms with Crippen LogP contribution >= 0.6 is 0 Å². The summed E-state index contributed by atoms with van der Waals surface area (Å²) in [7, 11) is 0. The molecule has 0 unspecified atom stereocenters. The van der Waals surface area contributed by atoms with Gasteiger partial charge in [-0.05, 0) is 18.6 Å². The van der Waals surface area contributed by atoms with Crippen LogP contribution in [0.25, 0.3) is 5.69 Å². The van der Waals surface area contributed by atoms with Gasteiger partial charge < -0.3 is 4.74 Å². The van der Waals surface area contributed by atoms with Gasteiger partial charge in [0.2, 0.25) is 5.95 Å². The third-order valence-electron chi connectivity index (χ3n) is 2.57. The standard InChI is InChI=1S/C13H15FN4O2/c1-2-3-7-20-13(19)17-11-9-16-18(12(11)14)10-5-4-6-15-8-10/h4-6,8-9H,2-3,7H2,1H3,(H,17,19). The van der Waals surface area contributed by atoms with Crippen LogP contribution in [0.4, 0.5) is 14.9 Å². The molecule has 0 saturated heterocycles. The number of nitrogens with zero attached hydrogens (tertiary/aromatic N) is 3. The van der Waals surface area contributed by atoms with Crippen molar-refractivity contribution < 1.29 is 13.9 Å². The van der Waals surface area contributed by atoms with E-state index in [1.807, 2.05) is 6.92 Å². The Morgan fingerprint density at radius 3 is 3.05 bits per heavy atom. The first-order valence-corrected chi connectivity index (χ1v) is 6.30. The number of hydrogen-bond acceptors (Lipinski definition) is 4. The summed E-state index contributed by atoms with van der Waals surface area (Å²) in [4.78, 5) is 15.3. The fraction of sp³-hybridized carbons (Fsp3) is 0.308. The van der Waals surface area contributed by atoms with Crippen LogP contribution in [0.5, 0.6) is 0 Å². The Hall–Kier alpha value is -2.44. The van der Waals surface area contributed by atoms with Crippen LogP contribution in [0.1, 0.15) is 19.8 Å². The highest BCUT2D eigenvalue weighted by Gasteiger charge is 2.14. The molecule has 6 nitrogen and oxygen atoms in total. The van der Waals surface area contributed by atoms with E-state index in [0.29, 0.717) is 12.3 Å². The van der Waals surface area contributed by atoms with E-state index >= 15 is 0 Å². The van der Waals surface area contributed by atoms with Gasteiger partial charge in [0.25, 0.3) is 0 Å². The van der Waals surface area contributed by atoms with E-state index < -0.39 is 12.0 Å². The predicted octanol–water partition coefficient (Wildman–Crippen LogP) is 2.76. The minimum absolute atomic E-state index is 0.0321. The number of hydrogen-bond donors (Lipinski definition) is 1. The summed E-state index contributed by atoms with van der Waals surface area (Å²) in [5, 5.41) is 6.19. The average Bonchev–Trinajstić information content (AvgIpc) is 2.81. The van der Waals surface area contributed by atoms with E-state index in [0.717, 1.165) is 17.5 Å². The topological polar surface area (TPSA) is 69.0 Å². The van der Waals surface area contributed by atoms with Gasteiger partial charge in [0, 0.05) is 6.20 Å². The average molecular weight is 278 g/mol. The van der Waals surface area contributed by atoms with Crippen molar-refractivity contribution in [1.82, 2.24) is 14.8 Å². The Balaban J connectivity index is 2.04.